The minimum Gasteiger partial charge on any atom is -0.382 e. The van der Waals surface area contributed by atoms with E-state index in [4.69, 9.17) is 0 Å². The maximum atomic E-state index is 3.68. The standard InChI is InChI=1S/C16H19N/c1-2-16(13-7-8-13)17-15-10-9-12-5-3-4-6-14(12)11-15/h3-6,9-11,13,16-17H,2,7-8H2,1H3. The van der Waals surface area contributed by atoms with Crippen molar-refractivity contribution in [2.24, 2.45) is 5.92 Å². The largest absolute Gasteiger partial charge is 0.382 e. The second-order valence-corrected chi connectivity index (χ2v) is 5.06. The van der Waals surface area contributed by atoms with Crippen LogP contribution in [0.3, 0.4) is 0 Å². The normalized spacial score (nSPS) is 17.0. The zero-order chi connectivity index (χ0) is 11.7. The SMILES string of the molecule is CCC(Nc1ccc2ccccc2c1)C1CC1. The summed E-state index contributed by atoms with van der Waals surface area (Å²) in [6.45, 7) is 2.27. The van der Waals surface area contributed by atoms with E-state index < -0.39 is 0 Å². The molecule has 3 rings (SSSR count). The number of benzene rings is 2. The lowest BCUT2D eigenvalue weighted by Gasteiger charge is -2.18. The van der Waals surface area contributed by atoms with Gasteiger partial charge in [0, 0.05) is 11.7 Å². The highest BCUT2D eigenvalue weighted by Crippen LogP contribution is 2.35. The van der Waals surface area contributed by atoms with Crippen LogP contribution < -0.4 is 5.32 Å². The number of rotatable bonds is 4. The van der Waals surface area contributed by atoms with Gasteiger partial charge in [0.15, 0.2) is 0 Å². The zero-order valence-electron chi connectivity index (χ0n) is 10.3. The summed E-state index contributed by atoms with van der Waals surface area (Å²) in [6, 6.07) is 15.9. The molecule has 17 heavy (non-hydrogen) atoms. The molecule has 1 unspecified atom stereocenters. The molecule has 2 aromatic rings. The zero-order valence-corrected chi connectivity index (χ0v) is 10.3. The van der Waals surface area contributed by atoms with Crippen LogP contribution in [0, 0.1) is 5.92 Å². The molecular formula is C16H19N. The van der Waals surface area contributed by atoms with Gasteiger partial charge in [0.2, 0.25) is 0 Å². The molecule has 1 aliphatic carbocycles. The molecule has 0 saturated heterocycles. The lowest BCUT2D eigenvalue weighted by molar-refractivity contribution is 0.617. The second kappa shape index (κ2) is 4.40. The summed E-state index contributed by atoms with van der Waals surface area (Å²) < 4.78 is 0. The summed E-state index contributed by atoms with van der Waals surface area (Å²) in [5.41, 5.74) is 1.27. The Hall–Kier alpha value is -1.50. The third-order valence-corrected chi connectivity index (χ3v) is 3.73. The summed E-state index contributed by atoms with van der Waals surface area (Å²) in [7, 11) is 0. The predicted octanol–water partition coefficient (Wildman–Crippen LogP) is 4.44. The van der Waals surface area contributed by atoms with Gasteiger partial charge >= 0.3 is 0 Å². The van der Waals surface area contributed by atoms with Gasteiger partial charge in [-0.2, -0.15) is 0 Å². The molecular weight excluding hydrogens is 206 g/mol. The van der Waals surface area contributed by atoms with Crippen molar-refractivity contribution < 1.29 is 0 Å². The van der Waals surface area contributed by atoms with Crippen molar-refractivity contribution in [1.29, 1.82) is 0 Å². The van der Waals surface area contributed by atoms with Gasteiger partial charge in [-0.3, -0.25) is 0 Å². The fourth-order valence-corrected chi connectivity index (χ4v) is 2.55. The van der Waals surface area contributed by atoms with Crippen LogP contribution in [0.25, 0.3) is 10.8 Å². The molecule has 1 fully saturated rings. The quantitative estimate of drug-likeness (QED) is 0.811. The summed E-state index contributed by atoms with van der Waals surface area (Å²) in [4.78, 5) is 0. The van der Waals surface area contributed by atoms with Crippen LogP contribution in [0.4, 0.5) is 5.69 Å². The Morgan fingerprint density at radius 2 is 1.88 bits per heavy atom. The Bertz CT molecular complexity index is 514. The van der Waals surface area contributed by atoms with Crippen molar-refractivity contribution in [3.63, 3.8) is 0 Å². The number of hydrogen-bond acceptors (Lipinski definition) is 1. The minimum atomic E-state index is 0.663. The average Bonchev–Trinajstić information content (AvgIpc) is 3.20. The van der Waals surface area contributed by atoms with Gasteiger partial charge in [0.25, 0.3) is 0 Å². The molecule has 0 bridgehead atoms. The topological polar surface area (TPSA) is 12.0 Å². The number of fused-ring (bicyclic) bond motifs is 1. The Kier molecular flexibility index (Phi) is 2.76. The highest BCUT2D eigenvalue weighted by Gasteiger charge is 2.29. The van der Waals surface area contributed by atoms with Crippen molar-refractivity contribution in [2.75, 3.05) is 5.32 Å². The number of hydrogen-bond donors (Lipinski definition) is 1. The van der Waals surface area contributed by atoms with E-state index in [-0.39, 0.29) is 0 Å². The Morgan fingerprint density at radius 3 is 2.59 bits per heavy atom. The first-order valence-corrected chi connectivity index (χ1v) is 6.62. The van der Waals surface area contributed by atoms with Gasteiger partial charge < -0.3 is 5.32 Å². The van der Waals surface area contributed by atoms with Gasteiger partial charge in [-0.05, 0) is 48.1 Å². The molecule has 0 amide bonds. The Balaban J connectivity index is 1.84. The van der Waals surface area contributed by atoms with Gasteiger partial charge in [-0.1, -0.05) is 37.3 Å². The van der Waals surface area contributed by atoms with E-state index in [1.54, 1.807) is 0 Å². The van der Waals surface area contributed by atoms with E-state index in [2.05, 4.69) is 54.7 Å². The average molecular weight is 225 g/mol. The molecule has 2 aromatic carbocycles. The highest BCUT2D eigenvalue weighted by atomic mass is 14.9. The summed E-state index contributed by atoms with van der Waals surface area (Å²) in [5.74, 6) is 0.909. The smallest absolute Gasteiger partial charge is 0.0348 e. The molecule has 1 saturated carbocycles. The van der Waals surface area contributed by atoms with Crippen LogP contribution in [0.5, 0.6) is 0 Å². The van der Waals surface area contributed by atoms with E-state index in [1.165, 1.54) is 35.7 Å². The third-order valence-electron chi connectivity index (χ3n) is 3.73. The summed E-state index contributed by atoms with van der Waals surface area (Å²) in [5, 5.41) is 6.32. The van der Waals surface area contributed by atoms with Gasteiger partial charge in [-0.15, -0.1) is 0 Å². The molecule has 1 aliphatic rings. The van der Waals surface area contributed by atoms with Crippen LogP contribution in [-0.4, -0.2) is 6.04 Å². The van der Waals surface area contributed by atoms with Crippen LogP contribution in [-0.2, 0) is 0 Å². The highest BCUT2D eigenvalue weighted by molar-refractivity contribution is 5.85. The maximum absolute atomic E-state index is 3.68. The predicted molar refractivity (Wildman–Crippen MR) is 74.4 cm³/mol. The van der Waals surface area contributed by atoms with Crippen LogP contribution in [0.1, 0.15) is 26.2 Å². The monoisotopic (exact) mass is 225 g/mol. The number of anilines is 1. The first-order valence-electron chi connectivity index (χ1n) is 6.62. The Labute approximate surface area is 103 Å². The van der Waals surface area contributed by atoms with Crippen LogP contribution in [0.2, 0.25) is 0 Å². The number of nitrogens with one attached hydrogen (secondary N) is 1. The molecule has 1 nitrogen and oxygen atoms in total. The van der Waals surface area contributed by atoms with Gasteiger partial charge in [-0.25, -0.2) is 0 Å². The molecule has 0 aromatic heterocycles. The summed E-state index contributed by atoms with van der Waals surface area (Å²) >= 11 is 0. The van der Waals surface area contributed by atoms with Crippen LogP contribution >= 0.6 is 0 Å². The molecule has 88 valence electrons. The summed E-state index contributed by atoms with van der Waals surface area (Å²) in [6.07, 6.45) is 4.02. The van der Waals surface area contributed by atoms with Crippen molar-refractivity contribution in [2.45, 2.75) is 32.2 Å². The van der Waals surface area contributed by atoms with Crippen molar-refractivity contribution in [3.05, 3.63) is 42.5 Å². The minimum absolute atomic E-state index is 0.663. The van der Waals surface area contributed by atoms with E-state index in [0.717, 1.165) is 5.92 Å². The molecule has 0 heterocycles. The molecule has 0 aliphatic heterocycles. The molecule has 1 atom stereocenters. The van der Waals surface area contributed by atoms with Gasteiger partial charge in [0.05, 0.1) is 0 Å². The molecule has 0 spiro atoms. The van der Waals surface area contributed by atoms with Crippen molar-refractivity contribution in [1.82, 2.24) is 0 Å². The maximum Gasteiger partial charge on any atom is 0.0348 e. The molecule has 1 N–H and O–H groups in total. The van der Waals surface area contributed by atoms with Crippen molar-refractivity contribution >= 4 is 16.5 Å². The van der Waals surface area contributed by atoms with Crippen molar-refractivity contribution in [3.8, 4) is 0 Å². The lowest BCUT2D eigenvalue weighted by Crippen LogP contribution is -2.20. The van der Waals surface area contributed by atoms with Crippen LogP contribution in [0.15, 0.2) is 42.5 Å². The first-order chi connectivity index (χ1) is 8.36. The van der Waals surface area contributed by atoms with Gasteiger partial charge in [0.1, 0.15) is 0 Å². The lowest BCUT2D eigenvalue weighted by atomic mass is 10.1. The molecule has 0 radical (unpaired) electrons. The van der Waals surface area contributed by atoms with E-state index in [1.807, 2.05) is 0 Å². The fourth-order valence-electron chi connectivity index (χ4n) is 2.55. The van der Waals surface area contributed by atoms with E-state index >= 15 is 0 Å². The molecule has 1 heteroatoms. The first kappa shape index (κ1) is 10.6. The second-order valence-electron chi connectivity index (χ2n) is 5.06. The third kappa shape index (κ3) is 2.28. The van der Waals surface area contributed by atoms with E-state index in [9.17, 15) is 0 Å². The fraction of sp³-hybridized carbons (Fsp3) is 0.375. The Morgan fingerprint density at radius 1 is 1.12 bits per heavy atom. The van der Waals surface area contributed by atoms with E-state index in [0.29, 0.717) is 6.04 Å².